The van der Waals surface area contributed by atoms with Gasteiger partial charge in [-0.15, -0.1) is 0 Å². The van der Waals surface area contributed by atoms with Crippen LogP contribution in [0.3, 0.4) is 0 Å². The van der Waals surface area contributed by atoms with Crippen LogP contribution in [0.15, 0.2) is 81.7 Å². The van der Waals surface area contributed by atoms with E-state index in [4.69, 9.17) is 0 Å². The number of rotatable bonds is 4. The smallest absolute Gasteiger partial charge is 0.0498 e. The maximum absolute atomic E-state index is 3.56. The minimum absolute atomic E-state index is 0.796. The number of halogens is 2. The second kappa shape index (κ2) is 7.12. The molecule has 0 spiro atoms. The van der Waals surface area contributed by atoms with Crippen molar-refractivity contribution in [3.8, 4) is 11.1 Å². The van der Waals surface area contributed by atoms with Crippen molar-refractivity contribution in [1.82, 2.24) is 0 Å². The average molecular weight is 417 g/mol. The van der Waals surface area contributed by atoms with Crippen molar-refractivity contribution in [2.24, 2.45) is 0 Å². The van der Waals surface area contributed by atoms with Gasteiger partial charge in [0.2, 0.25) is 0 Å². The molecule has 0 aliphatic heterocycles. The lowest BCUT2D eigenvalue weighted by molar-refractivity contribution is 1.15. The Morgan fingerprint density at radius 2 is 1.41 bits per heavy atom. The topological polar surface area (TPSA) is 12.0 Å². The van der Waals surface area contributed by atoms with E-state index in [9.17, 15) is 0 Å². The van der Waals surface area contributed by atoms with Gasteiger partial charge in [-0.3, -0.25) is 0 Å². The third kappa shape index (κ3) is 3.79. The van der Waals surface area contributed by atoms with E-state index in [1.165, 1.54) is 16.7 Å². The number of benzene rings is 3. The van der Waals surface area contributed by atoms with Crippen molar-refractivity contribution >= 4 is 37.5 Å². The van der Waals surface area contributed by atoms with Crippen LogP contribution in [0.2, 0.25) is 0 Å². The summed E-state index contributed by atoms with van der Waals surface area (Å²) in [6, 6.07) is 25.2. The highest BCUT2D eigenvalue weighted by Crippen LogP contribution is 2.27. The van der Waals surface area contributed by atoms with E-state index >= 15 is 0 Å². The van der Waals surface area contributed by atoms with Crippen LogP contribution < -0.4 is 5.32 Å². The fraction of sp³-hybridized carbons (Fsp3) is 0.0526. The predicted molar refractivity (Wildman–Crippen MR) is 101 cm³/mol. The zero-order chi connectivity index (χ0) is 15.4. The predicted octanol–water partition coefficient (Wildman–Crippen LogP) is 6.49. The first kappa shape index (κ1) is 15.3. The quantitative estimate of drug-likeness (QED) is 0.512. The van der Waals surface area contributed by atoms with E-state index in [1.807, 2.05) is 18.2 Å². The average Bonchev–Trinajstić information content (AvgIpc) is 2.57. The Bertz CT molecular complexity index is 752. The van der Waals surface area contributed by atoms with Crippen LogP contribution in [0.5, 0.6) is 0 Å². The van der Waals surface area contributed by atoms with Crippen molar-refractivity contribution in [1.29, 1.82) is 0 Å². The van der Waals surface area contributed by atoms with Crippen molar-refractivity contribution in [2.45, 2.75) is 6.54 Å². The second-order valence-corrected chi connectivity index (χ2v) is 6.81. The van der Waals surface area contributed by atoms with Crippen LogP contribution in [0.4, 0.5) is 5.69 Å². The molecule has 22 heavy (non-hydrogen) atoms. The van der Waals surface area contributed by atoms with Gasteiger partial charge in [-0.25, -0.2) is 0 Å². The maximum Gasteiger partial charge on any atom is 0.0498 e. The molecule has 3 heteroatoms. The van der Waals surface area contributed by atoms with Gasteiger partial charge < -0.3 is 5.32 Å². The minimum Gasteiger partial charge on any atom is -0.380 e. The molecule has 0 heterocycles. The molecule has 0 saturated carbocycles. The highest BCUT2D eigenvalue weighted by atomic mass is 79.9. The van der Waals surface area contributed by atoms with E-state index in [0.29, 0.717) is 0 Å². The lowest BCUT2D eigenvalue weighted by Crippen LogP contribution is -2.00. The molecule has 1 N–H and O–H groups in total. The molecule has 0 saturated heterocycles. The Kier molecular flexibility index (Phi) is 4.96. The van der Waals surface area contributed by atoms with E-state index in [0.717, 1.165) is 21.2 Å². The van der Waals surface area contributed by atoms with Gasteiger partial charge in [0, 0.05) is 21.2 Å². The molecule has 3 aromatic rings. The van der Waals surface area contributed by atoms with Crippen molar-refractivity contribution in [3.05, 3.63) is 87.3 Å². The standard InChI is InChI=1S/C19H15Br2N/c20-17-10-11-18(21)19(12-17)22-13-14-6-8-16(9-7-14)15-4-2-1-3-5-15/h1-12,22H,13H2. The highest BCUT2D eigenvalue weighted by Gasteiger charge is 2.01. The molecular weight excluding hydrogens is 402 g/mol. The van der Waals surface area contributed by atoms with Crippen LogP contribution in [-0.2, 0) is 6.54 Å². The van der Waals surface area contributed by atoms with Gasteiger partial charge in [0.25, 0.3) is 0 Å². The van der Waals surface area contributed by atoms with Crippen LogP contribution in [0.25, 0.3) is 11.1 Å². The van der Waals surface area contributed by atoms with E-state index in [-0.39, 0.29) is 0 Å². The largest absolute Gasteiger partial charge is 0.380 e. The summed E-state index contributed by atoms with van der Waals surface area (Å²) in [6.07, 6.45) is 0. The van der Waals surface area contributed by atoms with Gasteiger partial charge in [-0.2, -0.15) is 0 Å². The number of nitrogens with one attached hydrogen (secondary N) is 1. The zero-order valence-corrected chi connectivity index (χ0v) is 15.1. The fourth-order valence-corrected chi connectivity index (χ4v) is 3.02. The fourth-order valence-electron chi connectivity index (χ4n) is 2.28. The molecule has 3 aromatic carbocycles. The van der Waals surface area contributed by atoms with Crippen molar-refractivity contribution in [2.75, 3.05) is 5.32 Å². The van der Waals surface area contributed by atoms with Crippen LogP contribution >= 0.6 is 31.9 Å². The summed E-state index contributed by atoms with van der Waals surface area (Å²) in [5.74, 6) is 0. The van der Waals surface area contributed by atoms with Gasteiger partial charge in [-0.05, 0) is 50.8 Å². The molecule has 0 unspecified atom stereocenters. The second-order valence-electron chi connectivity index (χ2n) is 5.04. The summed E-state index contributed by atoms with van der Waals surface area (Å²) >= 11 is 7.06. The number of hydrogen-bond acceptors (Lipinski definition) is 1. The first-order chi connectivity index (χ1) is 10.7. The van der Waals surface area contributed by atoms with Crippen LogP contribution in [-0.4, -0.2) is 0 Å². The first-order valence-corrected chi connectivity index (χ1v) is 8.64. The Hall–Kier alpha value is -1.58. The zero-order valence-electron chi connectivity index (χ0n) is 11.9. The third-order valence-corrected chi connectivity index (χ3v) is 4.66. The molecule has 0 aliphatic carbocycles. The molecule has 0 radical (unpaired) electrons. The number of anilines is 1. The van der Waals surface area contributed by atoms with Gasteiger partial charge in [0.05, 0.1) is 0 Å². The molecular formula is C19H15Br2N. The Balaban J connectivity index is 1.70. The van der Waals surface area contributed by atoms with Gasteiger partial charge in [0.15, 0.2) is 0 Å². The highest BCUT2D eigenvalue weighted by molar-refractivity contribution is 9.11. The Morgan fingerprint density at radius 3 is 2.14 bits per heavy atom. The minimum atomic E-state index is 0.796. The normalized spacial score (nSPS) is 10.5. The van der Waals surface area contributed by atoms with E-state index in [2.05, 4.69) is 91.8 Å². The molecule has 0 atom stereocenters. The van der Waals surface area contributed by atoms with E-state index < -0.39 is 0 Å². The third-order valence-electron chi connectivity index (χ3n) is 3.47. The molecule has 0 fully saturated rings. The lowest BCUT2D eigenvalue weighted by atomic mass is 10.0. The molecule has 3 rings (SSSR count). The summed E-state index contributed by atoms with van der Waals surface area (Å²) in [5, 5.41) is 3.45. The van der Waals surface area contributed by atoms with Gasteiger partial charge in [0.1, 0.15) is 0 Å². The Labute approximate surface area is 147 Å². The van der Waals surface area contributed by atoms with Crippen LogP contribution in [0, 0.1) is 0 Å². The summed E-state index contributed by atoms with van der Waals surface area (Å²) < 4.78 is 2.13. The molecule has 0 amide bonds. The monoisotopic (exact) mass is 415 g/mol. The van der Waals surface area contributed by atoms with E-state index in [1.54, 1.807) is 0 Å². The molecule has 0 aliphatic rings. The SMILES string of the molecule is Brc1ccc(Br)c(NCc2ccc(-c3ccccc3)cc2)c1. The summed E-state index contributed by atoms with van der Waals surface area (Å²) in [6.45, 7) is 0.796. The van der Waals surface area contributed by atoms with Gasteiger partial charge in [-0.1, -0.05) is 70.5 Å². The molecule has 0 aromatic heterocycles. The molecule has 1 nitrogen and oxygen atoms in total. The number of hydrogen-bond donors (Lipinski definition) is 1. The van der Waals surface area contributed by atoms with Gasteiger partial charge >= 0.3 is 0 Å². The maximum atomic E-state index is 3.56. The molecule has 0 bridgehead atoms. The van der Waals surface area contributed by atoms with Crippen molar-refractivity contribution in [3.63, 3.8) is 0 Å². The lowest BCUT2D eigenvalue weighted by Gasteiger charge is -2.10. The summed E-state index contributed by atoms with van der Waals surface area (Å²) in [5.41, 5.74) is 4.83. The van der Waals surface area contributed by atoms with Crippen molar-refractivity contribution < 1.29 is 0 Å². The first-order valence-electron chi connectivity index (χ1n) is 7.06. The molecule has 110 valence electrons. The Morgan fingerprint density at radius 1 is 0.727 bits per heavy atom. The van der Waals surface area contributed by atoms with Crippen LogP contribution in [0.1, 0.15) is 5.56 Å². The summed E-state index contributed by atoms with van der Waals surface area (Å²) in [4.78, 5) is 0. The summed E-state index contributed by atoms with van der Waals surface area (Å²) in [7, 11) is 0.